The number of aromatic nitrogens is 4. The molecule has 22 heavy (non-hydrogen) atoms. The second-order valence-corrected chi connectivity index (χ2v) is 4.46. The van der Waals surface area contributed by atoms with Gasteiger partial charge in [0.2, 0.25) is 0 Å². The minimum absolute atomic E-state index is 0.0510. The van der Waals surface area contributed by atoms with Crippen molar-refractivity contribution < 1.29 is 9.66 Å². The summed E-state index contributed by atoms with van der Waals surface area (Å²) in [4.78, 5) is 10.3. The average Bonchev–Trinajstić information content (AvgIpc) is 3.08. The lowest BCUT2D eigenvalue weighted by molar-refractivity contribution is -0.384. The fraction of sp³-hybridized carbons (Fsp3) is 0.0714. The van der Waals surface area contributed by atoms with E-state index in [-0.39, 0.29) is 12.3 Å². The molecule has 110 valence electrons. The maximum absolute atomic E-state index is 10.7. The van der Waals surface area contributed by atoms with Crippen molar-refractivity contribution in [3.05, 3.63) is 70.5 Å². The molecule has 3 aromatic rings. The molecule has 3 rings (SSSR count). The molecule has 0 unspecified atom stereocenters. The molecule has 0 bridgehead atoms. The zero-order valence-electron chi connectivity index (χ0n) is 11.4. The standard InChI is InChI=1S/C14H11N5O3/c20-19(21)13-3-1-2-11(8-13)9-22-14-6-4-12(5-7-14)18-10-15-16-17-18/h1-8,10H,9H2. The van der Waals surface area contributed by atoms with E-state index in [1.807, 2.05) is 12.1 Å². The summed E-state index contributed by atoms with van der Waals surface area (Å²) in [6, 6.07) is 13.6. The van der Waals surface area contributed by atoms with Crippen molar-refractivity contribution in [1.82, 2.24) is 20.2 Å². The van der Waals surface area contributed by atoms with Crippen LogP contribution < -0.4 is 4.74 Å². The van der Waals surface area contributed by atoms with Gasteiger partial charge in [0.15, 0.2) is 0 Å². The zero-order valence-corrected chi connectivity index (χ0v) is 11.4. The van der Waals surface area contributed by atoms with E-state index in [1.54, 1.807) is 24.3 Å². The Balaban J connectivity index is 1.66. The molecule has 0 spiro atoms. The number of nitro benzene ring substituents is 1. The highest BCUT2D eigenvalue weighted by Gasteiger charge is 2.06. The van der Waals surface area contributed by atoms with Gasteiger partial charge in [0.1, 0.15) is 18.7 Å². The second kappa shape index (κ2) is 6.00. The SMILES string of the molecule is O=[N+]([O-])c1cccc(COc2ccc(-n3cnnn3)cc2)c1. The molecule has 0 amide bonds. The van der Waals surface area contributed by atoms with Crippen LogP contribution in [0, 0.1) is 10.1 Å². The van der Waals surface area contributed by atoms with Crippen LogP contribution in [0.5, 0.6) is 5.75 Å². The lowest BCUT2D eigenvalue weighted by atomic mass is 10.2. The van der Waals surface area contributed by atoms with E-state index < -0.39 is 4.92 Å². The maximum atomic E-state index is 10.7. The largest absolute Gasteiger partial charge is 0.489 e. The Morgan fingerprint density at radius 2 is 2.00 bits per heavy atom. The van der Waals surface area contributed by atoms with Crippen molar-refractivity contribution in [3.63, 3.8) is 0 Å². The highest BCUT2D eigenvalue weighted by Crippen LogP contribution is 2.18. The highest BCUT2D eigenvalue weighted by atomic mass is 16.6. The molecule has 0 atom stereocenters. The molecule has 0 saturated heterocycles. The van der Waals surface area contributed by atoms with E-state index in [9.17, 15) is 10.1 Å². The molecular formula is C14H11N5O3. The lowest BCUT2D eigenvalue weighted by Crippen LogP contribution is -1.98. The number of nitrogens with zero attached hydrogens (tertiary/aromatic N) is 5. The van der Waals surface area contributed by atoms with Gasteiger partial charge in [0.25, 0.3) is 5.69 Å². The average molecular weight is 297 g/mol. The van der Waals surface area contributed by atoms with Crippen LogP contribution in [-0.2, 0) is 6.61 Å². The van der Waals surface area contributed by atoms with E-state index in [0.717, 1.165) is 11.3 Å². The predicted molar refractivity (Wildman–Crippen MR) is 76.6 cm³/mol. The van der Waals surface area contributed by atoms with Gasteiger partial charge < -0.3 is 4.74 Å². The van der Waals surface area contributed by atoms with Crippen molar-refractivity contribution in [2.75, 3.05) is 0 Å². The summed E-state index contributed by atoms with van der Waals surface area (Å²) >= 11 is 0. The Kier molecular flexibility index (Phi) is 3.73. The summed E-state index contributed by atoms with van der Waals surface area (Å²) in [6.45, 7) is 0.256. The summed E-state index contributed by atoms with van der Waals surface area (Å²) in [6.07, 6.45) is 1.50. The maximum Gasteiger partial charge on any atom is 0.269 e. The van der Waals surface area contributed by atoms with Crippen molar-refractivity contribution in [3.8, 4) is 11.4 Å². The van der Waals surface area contributed by atoms with Crippen LogP contribution in [0.2, 0.25) is 0 Å². The number of rotatable bonds is 5. The summed E-state index contributed by atoms with van der Waals surface area (Å²) < 4.78 is 7.15. The van der Waals surface area contributed by atoms with Crippen LogP contribution in [0.4, 0.5) is 5.69 Å². The van der Waals surface area contributed by atoms with E-state index in [4.69, 9.17) is 4.74 Å². The van der Waals surface area contributed by atoms with E-state index in [2.05, 4.69) is 15.5 Å². The van der Waals surface area contributed by atoms with Gasteiger partial charge in [-0.15, -0.1) is 5.10 Å². The summed E-state index contributed by atoms with van der Waals surface area (Å²) in [5.41, 5.74) is 1.60. The topological polar surface area (TPSA) is 96.0 Å². The molecule has 8 nitrogen and oxygen atoms in total. The number of benzene rings is 2. The molecule has 0 aliphatic heterocycles. The summed E-state index contributed by atoms with van der Waals surface area (Å²) in [5.74, 6) is 0.656. The third-order valence-electron chi connectivity index (χ3n) is 2.98. The molecule has 2 aromatic carbocycles. The molecular weight excluding hydrogens is 286 g/mol. The first kappa shape index (κ1) is 13.7. The van der Waals surface area contributed by atoms with Crippen LogP contribution in [0.3, 0.4) is 0 Å². The van der Waals surface area contributed by atoms with E-state index in [0.29, 0.717) is 5.75 Å². The Labute approximate surface area is 125 Å². The van der Waals surface area contributed by atoms with Gasteiger partial charge in [-0.3, -0.25) is 10.1 Å². The first-order chi connectivity index (χ1) is 10.7. The van der Waals surface area contributed by atoms with Gasteiger partial charge in [-0.25, -0.2) is 4.68 Å². The van der Waals surface area contributed by atoms with Crippen molar-refractivity contribution in [1.29, 1.82) is 0 Å². The molecule has 0 aliphatic carbocycles. The monoisotopic (exact) mass is 297 g/mol. The van der Waals surface area contributed by atoms with Gasteiger partial charge in [-0.1, -0.05) is 12.1 Å². The van der Waals surface area contributed by atoms with Gasteiger partial charge in [0.05, 0.1) is 10.6 Å². The number of ether oxygens (including phenoxy) is 1. The second-order valence-electron chi connectivity index (χ2n) is 4.46. The molecule has 0 fully saturated rings. The molecule has 0 radical (unpaired) electrons. The van der Waals surface area contributed by atoms with Crippen LogP contribution in [0.25, 0.3) is 5.69 Å². The molecule has 0 saturated carbocycles. The predicted octanol–water partition coefficient (Wildman–Crippen LogP) is 2.15. The van der Waals surface area contributed by atoms with Gasteiger partial charge in [-0.05, 0) is 40.3 Å². The van der Waals surface area contributed by atoms with Gasteiger partial charge >= 0.3 is 0 Å². The molecule has 0 aliphatic rings. The molecule has 1 heterocycles. The Morgan fingerprint density at radius 1 is 1.18 bits per heavy atom. The Hall–Kier alpha value is -3.29. The van der Waals surface area contributed by atoms with Gasteiger partial charge in [-0.2, -0.15) is 0 Å². The number of hydrogen-bond donors (Lipinski definition) is 0. The van der Waals surface area contributed by atoms with E-state index in [1.165, 1.54) is 23.1 Å². The number of nitro groups is 1. The third-order valence-corrected chi connectivity index (χ3v) is 2.98. The first-order valence-corrected chi connectivity index (χ1v) is 6.42. The summed E-state index contributed by atoms with van der Waals surface area (Å²) in [5, 5.41) is 21.6. The van der Waals surface area contributed by atoms with Crippen molar-refractivity contribution in [2.45, 2.75) is 6.61 Å². The smallest absolute Gasteiger partial charge is 0.269 e. The first-order valence-electron chi connectivity index (χ1n) is 6.42. The molecule has 1 aromatic heterocycles. The normalized spacial score (nSPS) is 10.4. The number of tetrazole rings is 1. The number of non-ortho nitro benzene ring substituents is 1. The minimum Gasteiger partial charge on any atom is -0.489 e. The van der Waals surface area contributed by atoms with Crippen molar-refractivity contribution >= 4 is 5.69 Å². The third kappa shape index (κ3) is 3.06. The quantitative estimate of drug-likeness (QED) is 0.529. The molecule has 8 heteroatoms. The van der Waals surface area contributed by atoms with Gasteiger partial charge in [0, 0.05) is 12.1 Å². The van der Waals surface area contributed by atoms with Crippen LogP contribution in [-0.4, -0.2) is 25.1 Å². The minimum atomic E-state index is -0.426. The van der Waals surface area contributed by atoms with Crippen LogP contribution >= 0.6 is 0 Å². The zero-order chi connectivity index (χ0) is 15.4. The fourth-order valence-electron chi connectivity index (χ4n) is 1.90. The number of hydrogen-bond acceptors (Lipinski definition) is 6. The molecule has 0 N–H and O–H groups in total. The highest BCUT2D eigenvalue weighted by molar-refractivity contribution is 5.37. The van der Waals surface area contributed by atoms with E-state index >= 15 is 0 Å². The lowest BCUT2D eigenvalue weighted by Gasteiger charge is -2.07. The van der Waals surface area contributed by atoms with Crippen LogP contribution in [0.15, 0.2) is 54.9 Å². The van der Waals surface area contributed by atoms with Crippen LogP contribution in [0.1, 0.15) is 5.56 Å². The fourth-order valence-corrected chi connectivity index (χ4v) is 1.90. The Morgan fingerprint density at radius 3 is 2.68 bits per heavy atom. The summed E-state index contributed by atoms with van der Waals surface area (Å²) in [7, 11) is 0. The van der Waals surface area contributed by atoms with Crippen molar-refractivity contribution in [2.24, 2.45) is 0 Å². The Bertz CT molecular complexity index is 771.